The van der Waals surface area contributed by atoms with E-state index in [9.17, 15) is 14.7 Å². The molecule has 2 aliphatic rings. The van der Waals surface area contributed by atoms with E-state index >= 15 is 0 Å². The lowest BCUT2D eigenvalue weighted by Crippen LogP contribution is -2.57. The number of carbonyl (C=O) groups is 2. The molecule has 2 heterocycles. The topological polar surface area (TPSA) is 91.3 Å². The van der Waals surface area contributed by atoms with Gasteiger partial charge in [-0.1, -0.05) is 18.2 Å². The molecule has 2 N–H and O–H groups in total. The predicted octanol–water partition coefficient (Wildman–Crippen LogP) is 2.33. The van der Waals surface area contributed by atoms with Crippen LogP contribution in [0.25, 0.3) is 0 Å². The Bertz CT molecular complexity index is 1030. The normalized spacial score (nSPS) is 22.0. The number of aliphatic hydroxyl groups is 1. The van der Waals surface area contributed by atoms with E-state index in [1.165, 1.54) is 4.90 Å². The van der Waals surface area contributed by atoms with Crippen LogP contribution in [0.4, 0.5) is 0 Å². The highest BCUT2D eigenvalue weighted by Crippen LogP contribution is 2.28. The van der Waals surface area contributed by atoms with Gasteiger partial charge in [-0.15, -0.1) is 0 Å². The van der Waals surface area contributed by atoms with Crippen molar-refractivity contribution < 1.29 is 24.2 Å². The number of rotatable bonds is 3. The summed E-state index contributed by atoms with van der Waals surface area (Å²) in [5.74, 6) is 0.806. The summed E-state index contributed by atoms with van der Waals surface area (Å²) >= 11 is 0. The van der Waals surface area contributed by atoms with E-state index in [-0.39, 0.29) is 37.1 Å². The van der Waals surface area contributed by atoms with Crippen molar-refractivity contribution in [3.63, 3.8) is 0 Å². The predicted molar refractivity (Wildman–Crippen MR) is 128 cm³/mol. The molecule has 4 bridgehead atoms. The molecule has 2 aliphatic heterocycles. The first-order valence-corrected chi connectivity index (χ1v) is 11.8. The SMILES string of the molecule is Cc1ccc2cc1Oc1cccc(c1)CO[C@@H]1CCN(CCCO)C[C@@H]1NC(=O)CN(C)C2=O. The molecule has 0 aliphatic carbocycles. The van der Waals surface area contributed by atoms with Crippen LogP contribution in [0.15, 0.2) is 42.5 Å². The van der Waals surface area contributed by atoms with Gasteiger partial charge in [0.25, 0.3) is 5.91 Å². The third-order valence-corrected chi connectivity index (χ3v) is 6.37. The van der Waals surface area contributed by atoms with Crippen LogP contribution in [0.2, 0.25) is 0 Å². The Balaban J connectivity index is 1.61. The number of ether oxygens (including phenoxy) is 2. The van der Waals surface area contributed by atoms with Crippen LogP contribution in [0.5, 0.6) is 11.5 Å². The van der Waals surface area contributed by atoms with Gasteiger partial charge in [-0.25, -0.2) is 0 Å². The van der Waals surface area contributed by atoms with E-state index in [4.69, 9.17) is 9.47 Å². The van der Waals surface area contributed by atoms with Crippen molar-refractivity contribution >= 4 is 11.8 Å². The van der Waals surface area contributed by atoms with E-state index in [0.29, 0.717) is 36.6 Å². The molecule has 0 radical (unpaired) electrons. The molecule has 1 fully saturated rings. The number of fused-ring (bicyclic) bond motifs is 5. The molecule has 8 heteroatoms. The Morgan fingerprint density at radius 1 is 1.18 bits per heavy atom. The Morgan fingerprint density at radius 3 is 2.85 bits per heavy atom. The first-order chi connectivity index (χ1) is 16.4. The van der Waals surface area contributed by atoms with E-state index in [1.807, 2.05) is 37.3 Å². The molecule has 8 nitrogen and oxygen atoms in total. The summed E-state index contributed by atoms with van der Waals surface area (Å²) in [6.07, 6.45) is 1.31. The van der Waals surface area contributed by atoms with Crippen LogP contribution in [0.1, 0.15) is 34.3 Å². The first-order valence-electron chi connectivity index (χ1n) is 11.8. The lowest BCUT2D eigenvalue weighted by Gasteiger charge is -2.39. The van der Waals surface area contributed by atoms with Gasteiger partial charge >= 0.3 is 0 Å². The number of aryl methyl sites for hydroxylation is 1. The van der Waals surface area contributed by atoms with E-state index in [0.717, 1.165) is 30.6 Å². The second kappa shape index (κ2) is 11.0. The molecule has 0 saturated carbocycles. The fraction of sp³-hybridized carbons (Fsp3) is 0.462. The number of hydrogen-bond donors (Lipinski definition) is 2. The van der Waals surface area contributed by atoms with Crippen molar-refractivity contribution in [1.29, 1.82) is 0 Å². The van der Waals surface area contributed by atoms with Crippen molar-refractivity contribution in [2.75, 3.05) is 39.8 Å². The molecule has 2 atom stereocenters. The Hall–Kier alpha value is -2.94. The van der Waals surface area contributed by atoms with Gasteiger partial charge < -0.3 is 29.7 Å². The maximum Gasteiger partial charge on any atom is 0.254 e. The number of amides is 2. The zero-order valence-electron chi connectivity index (χ0n) is 19.8. The number of aliphatic hydroxyl groups excluding tert-OH is 1. The Labute approximate surface area is 200 Å². The molecule has 0 aromatic heterocycles. The van der Waals surface area contributed by atoms with E-state index in [1.54, 1.807) is 19.2 Å². The van der Waals surface area contributed by atoms with E-state index in [2.05, 4.69) is 10.2 Å². The van der Waals surface area contributed by atoms with Crippen LogP contribution in [0.3, 0.4) is 0 Å². The van der Waals surface area contributed by atoms with Gasteiger partial charge in [0.2, 0.25) is 5.91 Å². The van der Waals surface area contributed by atoms with Crippen molar-refractivity contribution in [1.82, 2.24) is 15.1 Å². The van der Waals surface area contributed by atoms with Gasteiger partial charge in [-0.05, 0) is 55.2 Å². The van der Waals surface area contributed by atoms with Gasteiger partial charge in [-0.2, -0.15) is 0 Å². The summed E-state index contributed by atoms with van der Waals surface area (Å²) < 4.78 is 12.4. The molecular formula is C26H33N3O5. The lowest BCUT2D eigenvalue weighted by molar-refractivity contribution is -0.124. The zero-order chi connectivity index (χ0) is 24.1. The summed E-state index contributed by atoms with van der Waals surface area (Å²) in [5.41, 5.74) is 2.35. The zero-order valence-corrected chi connectivity index (χ0v) is 19.8. The second-order valence-electron chi connectivity index (χ2n) is 9.08. The van der Waals surface area contributed by atoms with Gasteiger partial charge in [0.05, 0.1) is 25.3 Å². The van der Waals surface area contributed by atoms with Crippen molar-refractivity contribution in [2.24, 2.45) is 0 Å². The highest BCUT2D eigenvalue weighted by atomic mass is 16.5. The standard InChI is InChI=1S/C26H33N3O5/c1-18-7-8-20-14-24(18)34-21-6-3-5-19(13-21)17-33-23-9-11-29(10-4-12-30)15-22(23)27-25(31)16-28(2)26(20)32/h3,5-8,13-14,22-23,30H,4,9-12,15-17H2,1-2H3,(H,27,31)/t22-,23+/m0/s1. The third-order valence-electron chi connectivity index (χ3n) is 6.37. The quantitative estimate of drug-likeness (QED) is 0.720. The first kappa shape index (κ1) is 24.2. The smallest absolute Gasteiger partial charge is 0.254 e. The number of carbonyl (C=O) groups excluding carboxylic acids is 2. The largest absolute Gasteiger partial charge is 0.457 e. The fourth-order valence-corrected chi connectivity index (χ4v) is 4.47. The van der Waals surface area contributed by atoms with Gasteiger partial charge in [-0.3, -0.25) is 9.59 Å². The van der Waals surface area contributed by atoms with Gasteiger partial charge in [0.1, 0.15) is 11.5 Å². The fourth-order valence-electron chi connectivity index (χ4n) is 4.47. The summed E-state index contributed by atoms with van der Waals surface area (Å²) in [5, 5.41) is 12.3. The number of likely N-dealkylation sites (N-methyl/N-ethyl adjacent to an activating group) is 1. The molecule has 34 heavy (non-hydrogen) atoms. The Kier molecular flexibility index (Phi) is 7.82. The minimum Gasteiger partial charge on any atom is -0.457 e. The lowest BCUT2D eigenvalue weighted by atomic mass is 10.0. The maximum atomic E-state index is 13.0. The molecule has 4 rings (SSSR count). The summed E-state index contributed by atoms with van der Waals surface area (Å²) in [6, 6.07) is 12.8. The Morgan fingerprint density at radius 2 is 2.03 bits per heavy atom. The molecule has 1 saturated heterocycles. The molecule has 0 unspecified atom stereocenters. The van der Waals surface area contributed by atoms with Crippen LogP contribution in [0, 0.1) is 6.92 Å². The number of hydrogen-bond acceptors (Lipinski definition) is 6. The summed E-state index contributed by atoms with van der Waals surface area (Å²) in [6.45, 7) is 4.66. The summed E-state index contributed by atoms with van der Waals surface area (Å²) in [4.78, 5) is 29.6. The highest BCUT2D eigenvalue weighted by molar-refractivity contribution is 5.96. The molecule has 2 amide bonds. The number of nitrogens with zero attached hydrogens (tertiary/aromatic N) is 2. The average Bonchev–Trinajstić information content (AvgIpc) is 2.82. The second-order valence-corrected chi connectivity index (χ2v) is 9.08. The van der Waals surface area contributed by atoms with Crippen LogP contribution in [-0.2, 0) is 16.1 Å². The third kappa shape index (κ3) is 5.94. The number of nitrogens with one attached hydrogen (secondary N) is 1. The van der Waals surface area contributed by atoms with Crippen LogP contribution >= 0.6 is 0 Å². The molecule has 2 aromatic carbocycles. The molecular weight excluding hydrogens is 434 g/mol. The average molecular weight is 468 g/mol. The molecule has 0 spiro atoms. The van der Waals surface area contributed by atoms with Crippen LogP contribution in [-0.4, -0.2) is 78.7 Å². The summed E-state index contributed by atoms with van der Waals surface area (Å²) in [7, 11) is 1.62. The maximum absolute atomic E-state index is 13.0. The van der Waals surface area contributed by atoms with Gasteiger partial charge in [0, 0.05) is 38.9 Å². The number of likely N-dealkylation sites (tertiary alicyclic amines) is 1. The van der Waals surface area contributed by atoms with Crippen molar-refractivity contribution in [3.8, 4) is 11.5 Å². The monoisotopic (exact) mass is 467 g/mol. The van der Waals surface area contributed by atoms with E-state index < -0.39 is 0 Å². The van der Waals surface area contributed by atoms with Crippen LogP contribution < -0.4 is 10.1 Å². The minimum atomic E-state index is -0.248. The number of benzene rings is 2. The number of piperidine rings is 1. The van der Waals surface area contributed by atoms with Gasteiger partial charge in [0.15, 0.2) is 0 Å². The van der Waals surface area contributed by atoms with Crippen molar-refractivity contribution in [2.45, 2.75) is 38.5 Å². The minimum absolute atomic E-state index is 0.0538. The highest BCUT2D eigenvalue weighted by Gasteiger charge is 2.31. The molecule has 182 valence electrons. The molecule has 2 aromatic rings. The van der Waals surface area contributed by atoms with Crippen molar-refractivity contribution in [3.05, 3.63) is 59.2 Å².